The van der Waals surface area contributed by atoms with Crippen molar-refractivity contribution in [3.8, 4) is 0 Å². The Morgan fingerprint density at radius 3 is 2.72 bits per heavy atom. The fourth-order valence-corrected chi connectivity index (χ4v) is 5.98. The monoisotopic (exact) mass is 433 g/mol. The van der Waals surface area contributed by atoms with Gasteiger partial charge in [-0.15, -0.1) is 16.4 Å². The lowest BCUT2D eigenvalue weighted by molar-refractivity contribution is -0.118. The van der Waals surface area contributed by atoms with Gasteiger partial charge in [0.25, 0.3) is 11.8 Å². The van der Waals surface area contributed by atoms with Crippen molar-refractivity contribution in [3.05, 3.63) is 26.6 Å². The van der Waals surface area contributed by atoms with E-state index in [-0.39, 0.29) is 24.3 Å². The minimum atomic E-state index is -0.113. The van der Waals surface area contributed by atoms with Crippen molar-refractivity contribution in [2.75, 3.05) is 31.6 Å². The van der Waals surface area contributed by atoms with Gasteiger partial charge < -0.3 is 14.7 Å². The van der Waals surface area contributed by atoms with Crippen LogP contribution in [0.5, 0.6) is 0 Å². The predicted molar refractivity (Wildman–Crippen MR) is 112 cm³/mol. The molecular formula is C19H23N5O3S2. The molecule has 0 saturated carbocycles. The first-order valence-electron chi connectivity index (χ1n) is 9.77. The van der Waals surface area contributed by atoms with E-state index < -0.39 is 0 Å². The summed E-state index contributed by atoms with van der Waals surface area (Å²) in [5.74, 6) is -0.239. The topological polar surface area (TPSA) is 86.7 Å². The van der Waals surface area contributed by atoms with Crippen LogP contribution in [0.1, 0.15) is 56.4 Å². The number of likely N-dealkylation sites (N-methyl/N-ethyl adjacent to an activating group) is 2. The second-order valence-corrected chi connectivity index (χ2v) is 9.10. The van der Waals surface area contributed by atoms with Crippen LogP contribution in [0.2, 0.25) is 0 Å². The fourth-order valence-electron chi connectivity index (χ4n) is 3.87. The average molecular weight is 434 g/mol. The Kier molecular flexibility index (Phi) is 5.39. The summed E-state index contributed by atoms with van der Waals surface area (Å²) in [6.07, 6.45) is 2.25. The number of hydrogen-bond acceptors (Lipinski definition) is 7. The van der Waals surface area contributed by atoms with Gasteiger partial charge in [-0.2, -0.15) is 0 Å². The van der Waals surface area contributed by atoms with E-state index >= 15 is 0 Å². The molecule has 8 nitrogen and oxygen atoms in total. The summed E-state index contributed by atoms with van der Waals surface area (Å²) < 4.78 is 3.96. The summed E-state index contributed by atoms with van der Waals surface area (Å²) in [6, 6.07) is 0. The van der Waals surface area contributed by atoms with Gasteiger partial charge in [-0.25, -0.2) is 0 Å². The molecule has 2 aromatic heterocycles. The summed E-state index contributed by atoms with van der Waals surface area (Å²) in [4.78, 5) is 45.2. The van der Waals surface area contributed by atoms with Gasteiger partial charge in [0, 0.05) is 25.0 Å². The van der Waals surface area contributed by atoms with Crippen LogP contribution in [-0.4, -0.2) is 63.8 Å². The molecule has 0 bridgehead atoms. The number of nitrogens with zero attached hydrogens (tertiary/aromatic N) is 5. The fraction of sp³-hybridized carbons (Fsp3) is 0.526. The Labute approximate surface area is 177 Å². The van der Waals surface area contributed by atoms with E-state index in [0.29, 0.717) is 36.5 Å². The maximum absolute atomic E-state index is 13.1. The maximum Gasteiger partial charge on any atom is 0.267 e. The average Bonchev–Trinajstić information content (AvgIpc) is 3.29. The second kappa shape index (κ2) is 7.83. The van der Waals surface area contributed by atoms with Gasteiger partial charge in [-0.1, -0.05) is 17.8 Å². The molecule has 0 spiro atoms. The molecule has 0 unspecified atom stereocenters. The first-order valence-corrected chi connectivity index (χ1v) is 11.4. The van der Waals surface area contributed by atoms with Crippen LogP contribution in [0.4, 0.5) is 5.00 Å². The Balaban J connectivity index is 1.67. The summed E-state index contributed by atoms with van der Waals surface area (Å²) >= 11 is 2.61. The number of fused-ring (bicyclic) bond motifs is 3. The van der Waals surface area contributed by atoms with E-state index in [1.165, 1.54) is 16.2 Å². The highest BCUT2D eigenvalue weighted by molar-refractivity contribution is 7.17. The van der Waals surface area contributed by atoms with Crippen molar-refractivity contribution >= 4 is 45.6 Å². The van der Waals surface area contributed by atoms with Crippen molar-refractivity contribution < 1.29 is 14.4 Å². The molecule has 2 aliphatic heterocycles. The third-order valence-corrected chi connectivity index (χ3v) is 7.35. The number of hydrogen-bond donors (Lipinski definition) is 0. The lowest BCUT2D eigenvalue weighted by Crippen LogP contribution is -2.38. The number of amides is 3. The summed E-state index contributed by atoms with van der Waals surface area (Å²) in [7, 11) is 1.66. The summed E-state index contributed by atoms with van der Waals surface area (Å²) in [5, 5.41) is 4.83. The highest BCUT2D eigenvalue weighted by Crippen LogP contribution is 2.41. The molecular weight excluding hydrogens is 410 g/mol. The van der Waals surface area contributed by atoms with Crippen LogP contribution in [0.3, 0.4) is 0 Å². The van der Waals surface area contributed by atoms with Crippen LogP contribution in [-0.2, 0) is 24.2 Å². The SMILES string of the molecule is CCCc1nnsc1C(=O)N1CCc2c(sc3c2C(=O)N(C)CC(=O)N3CC)C1. The number of anilines is 1. The summed E-state index contributed by atoms with van der Waals surface area (Å²) in [6.45, 7) is 5.55. The number of aromatic nitrogens is 2. The zero-order valence-electron chi connectivity index (χ0n) is 16.7. The summed E-state index contributed by atoms with van der Waals surface area (Å²) in [5.41, 5.74) is 2.38. The van der Waals surface area contributed by atoms with Crippen LogP contribution < -0.4 is 4.90 Å². The molecule has 3 amide bonds. The molecule has 0 radical (unpaired) electrons. The minimum absolute atomic E-state index is 0.0513. The van der Waals surface area contributed by atoms with E-state index in [0.717, 1.165) is 45.5 Å². The van der Waals surface area contributed by atoms with E-state index in [4.69, 9.17) is 0 Å². The lowest BCUT2D eigenvalue weighted by Gasteiger charge is -2.27. The largest absolute Gasteiger partial charge is 0.332 e. The Morgan fingerprint density at radius 2 is 2.00 bits per heavy atom. The highest BCUT2D eigenvalue weighted by atomic mass is 32.1. The number of rotatable bonds is 4. The molecule has 10 heteroatoms. The number of carbonyl (C=O) groups excluding carboxylic acids is 3. The third kappa shape index (κ3) is 3.33. The molecule has 154 valence electrons. The number of carbonyl (C=O) groups is 3. The smallest absolute Gasteiger partial charge is 0.267 e. The predicted octanol–water partition coefficient (Wildman–Crippen LogP) is 2.19. The van der Waals surface area contributed by atoms with Gasteiger partial charge in [0.2, 0.25) is 5.91 Å². The van der Waals surface area contributed by atoms with Crippen molar-refractivity contribution in [2.24, 2.45) is 0 Å². The lowest BCUT2D eigenvalue weighted by atomic mass is 10.0. The first-order chi connectivity index (χ1) is 14.0. The first kappa shape index (κ1) is 20.0. The normalized spacial score (nSPS) is 16.7. The molecule has 0 fully saturated rings. The maximum atomic E-state index is 13.1. The Bertz CT molecular complexity index is 983. The van der Waals surface area contributed by atoms with Gasteiger partial charge in [0.15, 0.2) is 0 Å². The van der Waals surface area contributed by atoms with Crippen molar-refractivity contribution in [2.45, 2.75) is 39.7 Å². The molecule has 0 atom stereocenters. The molecule has 0 N–H and O–H groups in total. The van der Waals surface area contributed by atoms with Gasteiger partial charge in [0.05, 0.1) is 17.8 Å². The van der Waals surface area contributed by atoms with Crippen LogP contribution >= 0.6 is 22.9 Å². The molecule has 0 aliphatic carbocycles. The van der Waals surface area contributed by atoms with Crippen molar-refractivity contribution in [1.29, 1.82) is 0 Å². The molecule has 0 aromatic carbocycles. The van der Waals surface area contributed by atoms with Crippen LogP contribution in [0.15, 0.2) is 0 Å². The second-order valence-electron chi connectivity index (χ2n) is 7.26. The van der Waals surface area contributed by atoms with Crippen molar-refractivity contribution in [3.63, 3.8) is 0 Å². The van der Waals surface area contributed by atoms with E-state index in [1.54, 1.807) is 16.8 Å². The highest BCUT2D eigenvalue weighted by Gasteiger charge is 2.37. The van der Waals surface area contributed by atoms with Crippen LogP contribution in [0.25, 0.3) is 0 Å². The number of aryl methyl sites for hydroxylation is 1. The van der Waals surface area contributed by atoms with Crippen LogP contribution in [0, 0.1) is 0 Å². The van der Waals surface area contributed by atoms with Gasteiger partial charge in [-0.3, -0.25) is 14.4 Å². The standard InChI is InChI=1S/C19H23N5O3S2/c1-4-6-12-16(29-21-20-12)18(27)23-8-7-11-13(9-23)28-19-15(11)17(26)22(3)10-14(25)24(19)5-2/h4-10H2,1-3H3. The van der Waals surface area contributed by atoms with Gasteiger partial charge in [-0.05, 0) is 36.9 Å². The zero-order valence-corrected chi connectivity index (χ0v) is 18.4. The van der Waals surface area contributed by atoms with Gasteiger partial charge >= 0.3 is 0 Å². The zero-order chi connectivity index (χ0) is 20.7. The quantitative estimate of drug-likeness (QED) is 0.738. The Hall–Kier alpha value is -2.33. The Morgan fingerprint density at radius 1 is 1.21 bits per heavy atom. The van der Waals surface area contributed by atoms with E-state index in [9.17, 15) is 14.4 Å². The van der Waals surface area contributed by atoms with Gasteiger partial charge in [0.1, 0.15) is 16.4 Å². The van der Waals surface area contributed by atoms with E-state index in [1.807, 2.05) is 13.8 Å². The molecule has 29 heavy (non-hydrogen) atoms. The van der Waals surface area contributed by atoms with Crippen molar-refractivity contribution in [1.82, 2.24) is 19.4 Å². The third-order valence-electron chi connectivity index (χ3n) is 5.36. The molecule has 2 aliphatic rings. The minimum Gasteiger partial charge on any atom is -0.332 e. The molecule has 4 heterocycles. The molecule has 2 aromatic rings. The molecule has 4 rings (SSSR count). The number of thiophene rings is 1. The van der Waals surface area contributed by atoms with E-state index in [2.05, 4.69) is 9.59 Å². The molecule has 0 saturated heterocycles.